The van der Waals surface area contributed by atoms with Crippen LogP contribution in [0.1, 0.15) is 116 Å². The summed E-state index contributed by atoms with van der Waals surface area (Å²) >= 11 is 0. The molecule has 0 rings (SSSR count). The predicted molar refractivity (Wildman–Crippen MR) is 142 cm³/mol. The van der Waals surface area contributed by atoms with Gasteiger partial charge in [-0.2, -0.15) is 0 Å². The van der Waals surface area contributed by atoms with Gasteiger partial charge in [0.2, 0.25) is 0 Å². The summed E-state index contributed by atoms with van der Waals surface area (Å²) in [4.78, 5) is 0. The van der Waals surface area contributed by atoms with Crippen molar-refractivity contribution in [2.75, 3.05) is 13.2 Å². The van der Waals surface area contributed by atoms with Crippen molar-refractivity contribution < 1.29 is 13.0 Å². The number of unbranched alkanes of at least 4 members (excludes halogenated alkanes) is 15. The van der Waals surface area contributed by atoms with E-state index in [9.17, 15) is 0 Å². The van der Waals surface area contributed by atoms with Crippen LogP contribution in [0.25, 0.3) is 0 Å². The molecule has 0 aromatic carbocycles. The molecular weight excluding hydrogens is 416 g/mol. The van der Waals surface area contributed by atoms with Crippen LogP contribution in [0.2, 0.25) is 26.2 Å². The third-order valence-electron chi connectivity index (χ3n) is 5.71. The second-order valence-electron chi connectivity index (χ2n) is 9.98. The molecule has 0 saturated carbocycles. The molecule has 0 radical (unpaired) electrons. The molecule has 0 bridgehead atoms. The Hall–Kier alpha value is 0.0538. The molecule has 0 amide bonds. The van der Waals surface area contributed by atoms with Crippen molar-refractivity contribution >= 4 is 17.1 Å². The van der Waals surface area contributed by atoms with Gasteiger partial charge in [-0.15, -0.1) is 6.58 Å². The van der Waals surface area contributed by atoms with Gasteiger partial charge in [0.05, 0.1) is 0 Å². The Morgan fingerprint density at radius 1 is 0.548 bits per heavy atom. The molecule has 0 heterocycles. The molecule has 0 aliphatic carbocycles. The number of hydrogen-bond acceptors (Lipinski definition) is 3. The van der Waals surface area contributed by atoms with Gasteiger partial charge in [0.1, 0.15) is 0 Å². The molecule has 0 unspecified atom stereocenters. The fraction of sp³-hybridized carbons (Fsp3) is 0.923. The minimum atomic E-state index is -2.10. The second kappa shape index (κ2) is 20.6. The first-order chi connectivity index (χ1) is 14.8. The lowest BCUT2D eigenvalue weighted by molar-refractivity contribution is 0.194. The summed E-state index contributed by atoms with van der Waals surface area (Å²) in [6.07, 6.45) is 25.1. The van der Waals surface area contributed by atoms with Crippen LogP contribution in [0.5, 0.6) is 0 Å². The highest BCUT2D eigenvalue weighted by Crippen LogP contribution is 2.18. The Labute approximate surface area is 198 Å². The van der Waals surface area contributed by atoms with E-state index >= 15 is 0 Å². The van der Waals surface area contributed by atoms with E-state index in [0.29, 0.717) is 6.61 Å². The van der Waals surface area contributed by atoms with E-state index < -0.39 is 17.1 Å². The third kappa shape index (κ3) is 23.0. The Balaban J connectivity index is 3.44. The van der Waals surface area contributed by atoms with Crippen LogP contribution >= 0.6 is 0 Å². The van der Waals surface area contributed by atoms with Gasteiger partial charge in [0, 0.05) is 13.2 Å². The molecule has 0 aromatic heterocycles. The summed E-state index contributed by atoms with van der Waals surface area (Å²) in [5, 5.41) is 0. The molecule has 0 aliphatic rings. The van der Waals surface area contributed by atoms with Crippen molar-refractivity contribution in [1.82, 2.24) is 0 Å². The van der Waals surface area contributed by atoms with Crippen LogP contribution in [-0.4, -0.2) is 30.3 Å². The highest BCUT2D eigenvalue weighted by Gasteiger charge is 2.36. The monoisotopic (exact) mass is 472 g/mol. The van der Waals surface area contributed by atoms with Crippen molar-refractivity contribution in [2.24, 2.45) is 0 Å². The van der Waals surface area contributed by atoms with Crippen LogP contribution in [0.3, 0.4) is 0 Å². The molecule has 0 fully saturated rings. The van der Waals surface area contributed by atoms with Crippen LogP contribution < -0.4 is 0 Å². The maximum atomic E-state index is 6.30. The summed E-state index contributed by atoms with van der Waals surface area (Å²) in [6, 6.07) is 0. The zero-order valence-corrected chi connectivity index (χ0v) is 23.9. The lowest BCUT2D eigenvalue weighted by Gasteiger charge is -2.32. The van der Waals surface area contributed by atoms with Crippen molar-refractivity contribution in [3.8, 4) is 0 Å². The van der Waals surface area contributed by atoms with Gasteiger partial charge in [0.25, 0.3) is 0 Å². The summed E-state index contributed by atoms with van der Waals surface area (Å²) in [7, 11) is -4.20. The van der Waals surface area contributed by atoms with Gasteiger partial charge in [-0.1, -0.05) is 109 Å². The van der Waals surface area contributed by atoms with Crippen molar-refractivity contribution in [3.63, 3.8) is 0 Å². The van der Waals surface area contributed by atoms with Crippen molar-refractivity contribution in [3.05, 3.63) is 12.7 Å². The quantitative estimate of drug-likeness (QED) is 0.0795. The first kappa shape index (κ1) is 31.1. The largest absolute Gasteiger partial charge is 0.415 e. The summed E-state index contributed by atoms with van der Waals surface area (Å²) in [5.74, 6) is 0. The number of rotatable bonds is 24. The van der Waals surface area contributed by atoms with Crippen LogP contribution in [-0.2, 0) is 13.0 Å². The third-order valence-corrected chi connectivity index (χ3v) is 11.4. The molecule has 5 heteroatoms. The smallest absolute Gasteiger partial charge is 0.322 e. The fourth-order valence-corrected chi connectivity index (χ4v) is 10.5. The molecular formula is C26H56O3Si2. The maximum absolute atomic E-state index is 6.30. The second-order valence-corrected chi connectivity index (χ2v) is 17.0. The lowest BCUT2D eigenvalue weighted by atomic mass is 10.0. The van der Waals surface area contributed by atoms with Gasteiger partial charge in [-0.25, -0.2) is 0 Å². The summed E-state index contributed by atoms with van der Waals surface area (Å²) < 4.78 is 18.4. The van der Waals surface area contributed by atoms with E-state index in [-0.39, 0.29) is 0 Å². The molecule has 0 aliphatic heterocycles. The zero-order valence-electron chi connectivity index (χ0n) is 21.9. The summed E-state index contributed by atoms with van der Waals surface area (Å²) in [6.45, 7) is 16.1. The SMILES string of the molecule is C=CCCO[Si](C)(C)O[Si](C)(C)OCCCCCCCCCCCCCCCCCC. The Kier molecular flexibility index (Phi) is 20.7. The Morgan fingerprint density at radius 3 is 1.29 bits per heavy atom. The molecule has 0 spiro atoms. The Bertz CT molecular complexity index is 400. The topological polar surface area (TPSA) is 27.7 Å². The van der Waals surface area contributed by atoms with E-state index in [1.807, 2.05) is 6.08 Å². The molecule has 3 nitrogen and oxygen atoms in total. The maximum Gasteiger partial charge on any atom is 0.322 e. The molecule has 0 N–H and O–H groups in total. The van der Waals surface area contributed by atoms with E-state index in [1.165, 1.54) is 96.3 Å². The van der Waals surface area contributed by atoms with Gasteiger partial charge < -0.3 is 13.0 Å². The molecule has 0 aromatic rings. The first-order valence-electron chi connectivity index (χ1n) is 13.4. The average Bonchev–Trinajstić information content (AvgIpc) is 2.69. The molecule has 0 saturated heterocycles. The summed E-state index contributed by atoms with van der Waals surface area (Å²) in [5.41, 5.74) is 0. The van der Waals surface area contributed by atoms with Gasteiger partial charge in [-0.3, -0.25) is 0 Å². The normalized spacial score (nSPS) is 12.4. The van der Waals surface area contributed by atoms with Crippen LogP contribution in [0, 0.1) is 0 Å². The van der Waals surface area contributed by atoms with E-state index in [1.54, 1.807) is 0 Å². The Morgan fingerprint density at radius 2 is 0.903 bits per heavy atom. The zero-order chi connectivity index (χ0) is 23.3. The average molecular weight is 473 g/mol. The van der Waals surface area contributed by atoms with Crippen molar-refractivity contribution in [1.29, 1.82) is 0 Å². The highest BCUT2D eigenvalue weighted by atomic mass is 28.5. The fourth-order valence-electron chi connectivity index (χ4n) is 4.01. The number of hydrogen-bond donors (Lipinski definition) is 0. The lowest BCUT2D eigenvalue weighted by Crippen LogP contribution is -2.48. The van der Waals surface area contributed by atoms with Crippen LogP contribution in [0.15, 0.2) is 12.7 Å². The molecule has 31 heavy (non-hydrogen) atoms. The predicted octanol–water partition coefficient (Wildman–Crippen LogP) is 9.28. The minimum absolute atomic E-state index is 0.701. The standard InChI is InChI=1S/C26H56O3Si2/c1-7-9-11-12-13-14-15-16-17-18-19-20-21-22-23-24-26-28-31(5,6)29-30(3,4)27-25-10-8-2/h8H,2,7,9-26H2,1,3-6H3. The van der Waals surface area contributed by atoms with Crippen LogP contribution in [0.4, 0.5) is 0 Å². The molecule has 186 valence electrons. The highest BCUT2D eigenvalue weighted by molar-refractivity contribution is 6.78. The van der Waals surface area contributed by atoms with E-state index in [0.717, 1.165) is 19.4 Å². The van der Waals surface area contributed by atoms with Crippen molar-refractivity contribution in [2.45, 2.75) is 142 Å². The van der Waals surface area contributed by atoms with Gasteiger partial charge in [-0.05, 0) is 39.0 Å². The van der Waals surface area contributed by atoms with E-state index in [4.69, 9.17) is 13.0 Å². The minimum Gasteiger partial charge on any atom is -0.415 e. The van der Waals surface area contributed by atoms with Gasteiger partial charge >= 0.3 is 17.1 Å². The first-order valence-corrected chi connectivity index (χ1v) is 19.1. The van der Waals surface area contributed by atoms with Gasteiger partial charge in [0.15, 0.2) is 0 Å². The van der Waals surface area contributed by atoms with E-state index in [2.05, 4.69) is 39.7 Å². The molecule has 0 atom stereocenters.